The number of anilines is 3. The summed E-state index contributed by atoms with van der Waals surface area (Å²) in [5, 5.41) is 3.30. The second-order valence-electron chi connectivity index (χ2n) is 3.75. The van der Waals surface area contributed by atoms with Crippen molar-refractivity contribution < 1.29 is 0 Å². The molecule has 16 heavy (non-hydrogen) atoms. The summed E-state index contributed by atoms with van der Waals surface area (Å²) in [5.74, 6) is 1.74. The molecule has 4 heteroatoms. The highest BCUT2D eigenvalue weighted by atomic mass is 15.4. The predicted octanol–water partition coefficient (Wildman–Crippen LogP) is 2.39. The van der Waals surface area contributed by atoms with Gasteiger partial charge in [-0.05, 0) is 19.1 Å². The summed E-state index contributed by atoms with van der Waals surface area (Å²) in [6, 6.07) is 10.2. The van der Waals surface area contributed by atoms with Crippen molar-refractivity contribution >= 4 is 17.3 Å². The van der Waals surface area contributed by atoms with Gasteiger partial charge in [0, 0.05) is 18.1 Å². The van der Waals surface area contributed by atoms with Gasteiger partial charge in [0.15, 0.2) is 11.6 Å². The third-order valence-corrected chi connectivity index (χ3v) is 2.67. The van der Waals surface area contributed by atoms with E-state index in [1.165, 1.54) is 0 Å². The molecule has 0 bridgehead atoms. The molecule has 0 radical (unpaired) electrons. The average Bonchev–Trinajstić information content (AvgIpc) is 2.66. The Morgan fingerprint density at radius 3 is 2.69 bits per heavy atom. The van der Waals surface area contributed by atoms with Crippen LogP contribution >= 0.6 is 0 Å². The second-order valence-corrected chi connectivity index (χ2v) is 3.75. The zero-order valence-corrected chi connectivity index (χ0v) is 8.96. The first-order valence-corrected chi connectivity index (χ1v) is 5.28. The smallest absolute Gasteiger partial charge is 0.178 e. The molecule has 1 N–H and O–H groups in total. The van der Waals surface area contributed by atoms with Crippen LogP contribution in [-0.2, 0) is 0 Å². The van der Waals surface area contributed by atoms with Gasteiger partial charge in [-0.3, -0.25) is 0 Å². The Balaban J connectivity index is 2.09. The van der Waals surface area contributed by atoms with Crippen molar-refractivity contribution in [1.82, 2.24) is 9.97 Å². The minimum atomic E-state index is 0.180. The average molecular weight is 212 g/mol. The van der Waals surface area contributed by atoms with Gasteiger partial charge in [0.2, 0.25) is 0 Å². The summed E-state index contributed by atoms with van der Waals surface area (Å²) in [7, 11) is 0. The first-order chi connectivity index (χ1) is 7.86. The highest BCUT2D eigenvalue weighted by Crippen LogP contribution is 2.35. The number of nitrogens with zero attached hydrogens (tertiary/aromatic N) is 3. The van der Waals surface area contributed by atoms with Gasteiger partial charge in [0.25, 0.3) is 0 Å². The van der Waals surface area contributed by atoms with Crippen LogP contribution in [-0.4, -0.2) is 16.1 Å². The predicted molar refractivity (Wildman–Crippen MR) is 63.7 cm³/mol. The van der Waals surface area contributed by atoms with Crippen LogP contribution in [0.3, 0.4) is 0 Å². The van der Waals surface area contributed by atoms with E-state index in [1.807, 2.05) is 18.2 Å². The maximum atomic E-state index is 4.37. The van der Waals surface area contributed by atoms with E-state index in [9.17, 15) is 0 Å². The lowest BCUT2D eigenvalue weighted by atomic mass is 10.3. The second kappa shape index (κ2) is 3.48. The van der Waals surface area contributed by atoms with Gasteiger partial charge in [-0.15, -0.1) is 0 Å². The number of aromatic nitrogens is 2. The summed E-state index contributed by atoms with van der Waals surface area (Å²) >= 11 is 0. The van der Waals surface area contributed by atoms with Crippen molar-refractivity contribution in [3.05, 3.63) is 42.7 Å². The number of hydrogen-bond donors (Lipinski definition) is 1. The van der Waals surface area contributed by atoms with Crippen molar-refractivity contribution in [2.45, 2.75) is 13.1 Å². The van der Waals surface area contributed by atoms with E-state index in [0.717, 1.165) is 17.3 Å². The van der Waals surface area contributed by atoms with E-state index in [4.69, 9.17) is 0 Å². The SMILES string of the molecule is CC1Nc2nccnc2N1c1ccccc1. The fourth-order valence-electron chi connectivity index (χ4n) is 1.99. The highest BCUT2D eigenvalue weighted by Gasteiger charge is 2.28. The molecule has 2 heterocycles. The number of benzene rings is 1. The molecule has 2 aromatic rings. The molecule has 0 saturated carbocycles. The lowest BCUT2D eigenvalue weighted by molar-refractivity contribution is 0.834. The Morgan fingerprint density at radius 2 is 1.88 bits per heavy atom. The summed E-state index contributed by atoms with van der Waals surface area (Å²) in [6.07, 6.45) is 3.60. The Kier molecular flexibility index (Phi) is 1.99. The molecule has 1 aromatic carbocycles. The quantitative estimate of drug-likeness (QED) is 0.788. The lowest BCUT2D eigenvalue weighted by Gasteiger charge is -2.22. The molecule has 0 spiro atoms. The largest absolute Gasteiger partial charge is 0.347 e. The topological polar surface area (TPSA) is 41.1 Å². The third-order valence-electron chi connectivity index (χ3n) is 2.67. The van der Waals surface area contributed by atoms with Crippen molar-refractivity contribution in [3.8, 4) is 0 Å². The van der Waals surface area contributed by atoms with Gasteiger partial charge in [-0.25, -0.2) is 9.97 Å². The van der Waals surface area contributed by atoms with Gasteiger partial charge in [0.05, 0.1) is 0 Å². The summed E-state index contributed by atoms with van der Waals surface area (Å²) in [5.41, 5.74) is 1.13. The van der Waals surface area contributed by atoms with Crippen molar-refractivity contribution in [2.24, 2.45) is 0 Å². The van der Waals surface area contributed by atoms with E-state index in [0.29, 0.717) is 0 Å². The molecule has 1 aliphatic rings. The Bertz CT molecular complexity index is 497. The molecule has 80 valence electrons. The summed E-state index contributed by atoms with van der Waals surface area (Å²) < 4.78 is 0. The standard InChI is InChI=1S/C12H12N4/c1-9-15-11-12(14-8-7-13-11)16(9)10-5-3-2-4-6-10/h2-9H,1H3,(H,13,15). The molecular weight excluding hydrogens is 200 g/mol. The highest BCUT2D eigenvalue weighted by molar-refractivity contribution is 5.76. The number of fused-ring (bicyclic) bond motifs is 1. The maximum absolute atomic E-state index is 4.37. The number of hydrogen-bond acceptors (Lipinski definition) is 4. The number of para-hydroxylation sites is 1. The van der Waals surface area contributed by atoms with Crippen LogP contribution in [0.4, 0.5) is 17.3 Å². The minimum absolute atomic E-state index is 0.180. The summed E-state index contributed by atoms with van der Waals surface area (Å²) in [6.45, 7) is 2.09. The molecule has 0 amide bonds. The zero-order valence-electron chi connectivity index (χ0n) is 8.96. The van der Waals surface area contributed by atoms with Crippen molar-refractivity contribution in [3.63, 3.8) is 0 Å². The molecule has 3 rings (SSSR count). The van der Waals surface area contributed by atoms with E-state index < -0.39 is 0 Å². The molecule has 0 fully saturated rings. The van der Waals surface area contributed by atoms with Crippen LogP contribution in [0.1, 0.15) is 6.92 Å². The van der Waals surface area contributed by atoms with Crippen LogP contribution in [0.15, 0.2) is 42.7 Å². The van der Waals surface area contributed by atoms with E-state index in [2.05, 4.69) is 39.2 Å². The molecule has 4 nitrogen and oxygen atoms in total. The third kappa shape index (κ3) is 1.31. The molecule has 0 aliphatic carbocycles. The molecular formula is C12H12N4. The Hall–Kier alpha value is -2.10. The van der Waals surface area contributed by atoms with Crippen molar-refractivity contribution in [2.75, 3.05) is 10.2 Å². The van der Waals surface area contributed by atoms with Gasteiger partial charge in [0.1, 0.15) is 6.17 Å². The van der Waals surface area contributed by atoms with E-state index >= 15 is 0 Å². The fourth-order valence-corrected chi connectivity index (χ4v) is 1.99. The Morgan fingerprint density at radius 1 is 1.12 bits per heavy atom. The van der Waals surface area contributed by atoms with Crippen molar-refractivity contribution in [1.29, 1.82) is 0 Å². The zero-order chi connectivity index (χ0) is 11.0. The van der Waals surface area contributed by atoms with Crippen LogP contribution in [0.25, 0.3) is 0 Å². The normalized spacial score (nSPS) is 18.1. The van der Waals surface area contributed by atoms with Crippen LogP contribution in [0, 0.1) is 0 Å². The minimum Gasteiger partial charge on any atom is -0.347 e. The lowest BCUT2D eigenvalue weighted by Crippen LogP contribution is -2.28. The molecule has 1 unspecified atom stereocenters. The number of nitrogens with one attached hydrogen (secondary N) is 1. The molecule has 1 atom stereocenters. The van der Waals surface area contributed by atoms with Crippen LogP contribution in [0.2, 0.25) is 0 Å². The van der Waals surface area contributed by atoms with E-state index in [-0.39, 0.29) is 6.17 Å². The monoisotopic (exact) mass is 212 g/mol. The number of rotatable bonds is 1. The Labute approximate surface area is 94.0 Å². The van der Waals surface area contributed by atoms with Crippen LogP contribution in [0.5, 0.6) is 0 Å². The summed E-state index contributed by atoms with van der Waals surface area (Å²) in [4.78, 5) is 10.8. The van der Waals surface area contributed by atoms with Gasteiger partial charge in [-0.1, -0.05) is 18.2 Å². The fraction of sp³-hybridized carbons (Fsp3) is 0.167. The van der Waals surface area contributed by atoms with Gasteiger partial charge >= 0.3 is 0 Å². The first-order valence-electron chi connectivity index (χ1n) is 5.28. The maximum Gasteiger partial charge on any atom is 0.178 e. The van der Waals surface area contributed by atoms with Gasteiger partial charge in [-0.2, -0.15) is 0 Å². The van der Waals surface area contributed by atoms with E-state index in [1.54, 1.807) is 12.4 Å². The molecule has 0 saturated heterocycles. The first kappa shape index (κ1) is 9.15. The van der Waals surface area contributed by atoms with Gasteiger partial charge < -0.3 is 10.2 Å². The van der Waals surface area contributed by atoms with Crippen LogP contribution < -0.4 is 10.2 Å². The molecule has 1 aromatic heterocycles. The molecule has 1 aliphatic heterocycles.